The summed E-state index contributed by atoms with van der Waals surface area (Å²) in [6.45, 7) is 9.14. The minimum atomic E-state index is -4.63. The maximum absolute atomic E-state index is 13.5. The summed E-state index contributed by atoms with van der Waals surface area (Å²) in [6, 6.07) is 3.05. The Morgan fingerprint density at radius 1 is 1.35 bits per heavy atom. The molecule has 0 N–H and O–H groups in total. The minimum Gasteiger partial charge on any atom is -0.489 e. The molecule has 1 aliphatic rings. The maximum Gasteiger partial charge on any atom is 0.419 e. The smallest absolute Gasteiger partial charge is 0.419 e. The number of aromatic nitrogens is 2. The fourth-order valence-electron chi connectivity index (χ4n) is 3.22. The summed E-state index contributed by atoms with van der Waals surface area (Å²) in [6.07, 6.45) is -2.47. The van der Waals surface area contributed by atoms with Crippen LogP contribution in [0.5, 0.6) is 5.75 Å². The molecule has 1 aliphatic heterocycles. The van der Waals surface area contributed by atoms with Crippen LogP contribution in [0.4, 0.5) is 18.0 Å². The predicted octanol–water partition coefficient (Wildman–Crippen LogP) is 5.39. The van der Waals surface area contributed by atoms with Crippen molar-refractivity contribution in [3.05, 3.63) is 42.3 Å². The zero-order valence-electron chi connectivity index (χ0n) is 17.5. The fraction of sp³-hybridized carbons (Fsp3) is 0.476. The van der Waals surface area contributed by atoms with Crippen LogP contribution in [-0.4, -0.2) is 39.9 Å². The Labute approximate surface area is 177 Å². The molecule has 1 amide bonds. The van der Waals surface area contributed by atoms with Crippen molar-refractivity contribution < 1.29 is 32.0 Å². The van der Waals surface area contributed by atoms with Gasteiger partial charge in [-0.2, -0.15) is 18.2 Å². The zero-order valence-corrected chi connectivity index (χ0v) is 17.5. The Morgan fingerprint density at radius 2 is 2.10 bits per heavy atom. The van der Waals surface area contributed by atoms with Gasteiger partial charge in [0, 0.05) is 12.1 Å². The highest BCUT2D eigenvalue weighted by atomic mass is 19.4. The van der Waals surface area contributed by atoms with E-state index in [1.165, 1.54) is 23.1 Å². The second kappa shape index (κ2) is 8.60. The predicted molar refractivity (Wildman–Crippen MR) is 105 cm³/mol. The van der Waals surface area contributed by atoms with Crippen LogP contribution in [0.25, 0.3) is 11.4 Å². The number of carbonyl (C=O) groups excluding carboxylic acids is 1. The monoisotopic (exact) mass is 439 g/mol. The number of carbonyl (C=O) groups is 1. The first-order valence-electron chi connectivity index (χ1n) is 9.78. The van der Waals surface area contributed by atoms with Crippen molar-refractivity contribution >= 4 is 6.09 Å². The number of nitrogens with zero attached hydrogens (tertiary/aromatic N) is 3. The van der Waals surface area contributed by atoms with Crippen LogP contribution in [0.3, 0.4) is 0 Å². The molecule has 0 unspecified atom stereocenters. The molecular formula is C21H24F3N3O4. The third-order valence-electron chi connectivity index (χ3n) is 4.51. The first-order valence-corrected chi connectivity index (χ1v) is 9.78. The molecule has 0 radical (unpaired) electrons. The first-order chi connectivity index (χ1) is 14.5. The lowest BCUT2D eigenvalue weighted by Crippen LogP contribution is -2.36. The minimum absolute atomic E-state index is 0.00758. The van der Waals surface area contributed by atoms with Crippen LogP contribution in [-0.2, 0) is 10.9 Å². The van der Waals surface area contributed by atoms with Crippen LogP contribution in [0.2, 0.25) is 0 Å². The van der Waals surface area contributed by atoms with Crippen LogP contribution in [0.15, 0.2) is 35.4 Å². The number of ether oxygens (including phenoxy) is 2. The molecule has 0 spiro atoms. The molecule has 31 heavy (non-hydrogen) atoms. The fourth-order valence-corrected chi connectivity index (χ4v) is 3.22. The van der Waals surface area contributed by atoms with E-state index in [0.29, 0.717) is 13.0 Å². The summed E-state index contributed by atoms with van der Waals surface area (Å²) in [5.41, 5.74) is -1.49. The van der Waals surface area contributed by atoms with E-state index in [-0.39, 0.29) is 29.6 Å². The lowest BCUT2D eigenvalue weighted by Gasteiger charge is -2.26. The summed E-state index contributed by atoms with van der Waals surface area (Å²) in [7, 11) is 0. The Morgan fingerprint density at radius 3 is 2.74 bits per heavy atom. The summed E-state index contributed by atoms with van der Waals surface area (Å²) >= 11 is 0. The molecular weight excluding hydrogens is 415 g/mol. The van der Waals surface area contributed by atoms with E-state index in [9.17, 15) is 18.0 Å². The van der Waals surface area contributed by atoms with Gasteiger partial charge < -0.3 is 14.0 Å². The van der Waals surface area contributed by atoms with Gasteiger partial charge in [0.05, 0.1) is 5.56 Å². The first kappa shape index (κ1) is 22.6. The SMILES string of the molecule is C=CCOc1ccc(-c2noc([C@@H]3CCCN3C(=O)OC(C)(C)C)n2)cc1C(F)(F)F. The molecule has 1 fully saturated rings. The number of likely N-dealkylation sites (tertiary alicyclic amines) is 1. The van der Waals surface area contributed by atoms with Crippen molar-refractivity contribution in [1.82, 2.24) is 15.0 Å². The van der Waals surface area contributed by atoms with Gasteiger partial charge in [0.1, 0.15) is 24.0 Å². The van der Waals surface area contributed by atoms with Crippen molar-refractivity contribution in [2.45, 2.75) is 51.4 Å². The number of hydrogen-bond donors (Lipinski definition) is 0. The van der Waals surface area contributed by atoms with Gasteiger partial charge in [-0.3, -0.25) is 4.90 Å². The van der Waals surface area contributed by atoms with E-state index in [0.717, 1.165) is 12.5 Å². The van der Waals surface area contributed by atoms with Gasteiger partial charge in [-0.25, -0.2) is 4.79 Å². The molecule has 1 aromatic heterocycles. The molecule has 0 bridgehead atoms. The van der Waals surface area contributed by atoms with E-state index in [1.54, 1.807) is 20.8 Å². The van der Waals surface area contributed by atoms with Crippen LogP contribution >= 0.6 is 0 Å². The third kappa shape index (κ3) is 5.36. The number of amides is 1. The van der Waals surface area contributed by atoms with Gasteiger partial charge in [-0.1, -0.05) is 17.8 Å². The number of hydrogen-bond acceptors (Lipinski definition) is 6. The molecule has 3 rings (SSSR count). The van der Waals surface area contributed by atoms with Crippen LogP contribution in [0.1, 0.15) is 51.1 Å². The Kier molecular flexibility index (Phi) is 6.28. The van der Waals surface area contributed by atoms with Gasteiger partial charge in [0.15, 0.2) is 0 Å². The van der Waals surface area contributed by atoms with Crippen molar-refractivity contribution in [2.24, 2.45) is 0 Å². The van der Waals surface area contributed by atoms with E-state index in [1.807, 2.05) is 0 Å². The largest absolute Gasteiger partial charge is 0.489 e. The molecule has 2 heterocycles. The molecule has 1 aromatic carbocycles. The Bertz CT molecular complexity index is 950. The van der Waals surface area contributed by atoms with Gasteiger partial charge >= 0.3 is 12.3 Å². The third-order valence-corrected chi connectivity index (χ3v) is 4.51. The zero-order chi connectivity index (χ0) is 22.8. The van der Waals surface area contributed by atoms with Gasteiger partial charge in [0.2, 0.25) is 11.7 Å². The van der Waals surface area contributed by atoms with E-state index in [2.05, 4.69) is 16.7 Å². The van der Waals surface area contributed by atoms with Crippen molar-refractivity contribution in [1.29, 1.82) is 0 Å². The standard InChI is InChI=1S/C21H24F3N3O4/c1-5-11-29-16-9-8-13(12-14(16)21(22,23)24)17-25-18(31-26-17)15-7-6-10-27(15)19(28)30-20(2,3)4/h5,8-9,12,15H,1,6-7,10-11H2,2-4H3/t15-/m0/s1. The molecule has 0 aliphatic carbocycles. The summed E-state index contributed by atoms with van der Waals surface area (Å²) < 4.78 is 56.2. The molecule has 2 aromatic rings. The lowest BCUT2D eigenvalue weighted by atomic mass is 10.1. The molecule has 168 valence electrons. The summed E-state index contributed by atoms with van der Waals surface area (Å²) in [5, 5.41) is 3.83. The van der Waals surface area contributed by atoms with E-state index in [4.69, 9.17) is 14.0 Å². The lowest BCUT2D eigenvalue weighted by molar-refractivity contribution is -0.138. The summed E-state index contributed by atoms with van der Waals surface area (Å²) in [4.78, 5) is 18.2. The normalized spacial score (nSPS) is 17.0. The Hall–Kier alpha value is -3.04. The van der Waals surface area contributed by atoms with E-state index < -0.39 is 29.5 Å². The average Bonchev–Trinajstić information content (AvgIpc) is 3.33. The maximum atomic E-state index is 13.5. The van der Waals surface area contributed by atoms with Crippen molar-refractivity contribution in [3.63, 3.8) is 0 Å². The second-order valence-corrected chi connectivity index (χ2v) is 8.10. The molecule has 1 saturated heterocycles. The number of halogens is 3. The highest BCUT2D eigenvalue weighted by Gasteiger charge is 2.38. The molecule has 7 nitrogen and oxygen atoms in total. The van der Waals surface area contributed by atoms with Crippen molar-refractivity contribution in [2.75, 3.05) is 13.2 Å². The number of rotatable bonds is 5. The summed E-state index contributed by atoms with van der Waals surface area (Å²) in [5.74, 6) is -0.169. The molecule has 1 atom stereocenters. The molecule has 10 heteroatoms. The number of alkyl halides is 3. The number of benzene rings is 1. The van der Waals surface area contributed by atoms with Gasteiger partial charge in [-0.05, 0) is 51.8 Å². The molecule has 0 saturated carbocycles. The quantitative estimate of drug-likeness (QED) is 0.581. The highest BCUT2D eigenvalue weighted by molar-refractivity contribution is 5.69. The van der Waals surface area contributed by atoms with Gasteiger partial charge in [-0.15, -0.1) is 0 Å². The van der Waals surface area contributed by atoms with Crippen LogP contribution in [0, 0.1) is 0 Å². The highest BCUT2D eigenvalue weighted by Crippen LogP contribution is 2.39. The average molecular weight is 439 g/mol. The topological polar surface area (TPSA) is 77.7 Å². The van der Waals surface area contributed by atoms with E-state index >= 15 is 0 Å². The van der Waals surface area contributed by atoms with Crippen LogP contribution < -0.4 is 4.74 Å². The van der Waals surface area contributed by atoms with Crippen molar-refractivity contribution in [3.8, 4) is 17.1 Å². The second-order valence-electron chi connectivity index (χ2n) is 8.10. The van der Waals surface area contributed by atoms with Gasteiger partial charge in [0.25, 0.3) is 0 Å². The Balaban J connectivity index is 1.86.